The van der Waals surface area contributed by atoms with Gasteiger partial charge in [0, 0.05) is 24.3 Å². The number of nitrogens with zero attached hydrogens (tertiary/aromatic N) is 2. The van der Waals surface area contributed by atoms with Crippen molar-refractivity contribution in [3.8, 4) is 12.3 Å². The predicted octanol–water partition coefficient (Wildman–Crippen LogP) is 2.98. The zero-order chi connectivity index (χ0) is 21.9. The molecule has 3 N–H and O–H groups in total. The molecule has 164 valence electrons. The van der Waals surface area contributed by atoms with E-state index in [4.69, 9.17) is 10.8 Å². The number of guanidine groups is 1. The number of benzene rings is 1. The molecule has 0 saturated carbocycles. The second kappa shape index (κ2) is 11.8. The van der Waals surface area contributed by atoms with Crippen LogP contribution in [-0.2, 0) is 4.79 Å². The first kappa shape index (κ1) is 22.4. The van der Waals surface area contributed by atoms with Crippen molar-refractivity contribution >= 4 is 17.6 Å². The van der Waals surface area contributed by atoms with Gasteiger partial charge in [0.15, 0.2) is 5.96 Å². The molecule has 0 bridgehead atoms. The van der Waals surface area contributed by atoms with Crippen LogP contribution in [0.3, 0.4) is 0 Å². The number of rotatable bonds is 8. The van der Waals surface area contributed by atoms with Gasteiger partial charge in [-0.2, -0.15) is 0 Å². The Morgan fingerprint density at radius 3 is 2.77 bits per heavy atom. The minimum atomic E-state index is -0.204. The van der Waals surface area contributed by atoms with Gasteiger partial charge in [-0.25, -0.2) is 4.99 Å². The minimum Gasteiger partial charge on any atom is -0.468 e. The van der Waals surface area contributed by atoms with E-state index in [1.807, 2.05) is 31.2 Å². The third-order valence-electron chi connectivity index (χ3n) is 5.20. The molecule has 7 nitrogen and oxygen atoms in total. The van der Waals surface area contributed by atoms with Crippen molar-refractivity contribution < 1.29 is 9.21 Å². The normalized spacial score (nSPS) is 15.7. The van der Waals surface area contributed by atoms with Gasteiger partial charge in [-0.15, -0.1) is 6.42 Å². The number of furan rings is 1. The number of carbonyl (C=O) groups is 1. The molecule has 31 heavy (non-hydrogen) atoms. The Kier molecular flexibility index (Phi) is 8.56. The number of aliphatic imine (C=N–C) groups is 1. The van der Waals surface area contributed by atoms with Gasteiger partial charge in [-0.05, 0) is 63.2 Å². The first-order valence-electron chi connectivity index (χ1n) is 10.9. The second-order valence-corrected chi connectivity index (χ2v) is 7.48. The third kappa shape index (κ3) is 6.90. The number of hydrogen-bond acceptors (Lipinski definition) is 4. The van der Waals surface area contributed by atoms with E-state index in [0.717, 1.165) is 24.4 Å². The highest BCUT2D eigenvalue weighted by Gasteiger charge is 2.24. The van der Waals surface area contributed by atoms with Gasteiger partial charge in [0.2, 0.25) is 5.91 Å². The molecule has 0 radical (unpaired) electrons. The number of anilines is 1. The van der Waals surface area contributed by atoms with Gasteiger partial charge in [-0.1, -0.05) is 18.4 Å². The number of likely N-dealkylation sites (tertiary alicyclic amines) is 1. The molecule has 7 heteroatoms. The summed E-state index contributed by atoms with van der Waals surface area (Å²) in [4.78, 5) is 19.2. The van der Waals surface area contributed by atoms with Gasteiger partial charge in [0.1, 0.15) is 12.3 Å². The quantitative estimate of drug-likeness (QED) is 0.347. The Morgan fingerprint density at radius 2 is 2.06 bits per heavy atom. The lowest BCUT2D eigenvalue weighted by atomic mass is 10.1. The molecular formula is C24H31N5O2. The van der Waals surface area contributed by atoms with Gasteiger partial charge < -0.3 is 20.4 Å². The molecule has 1 aliphatic rings. The first-order chi connectivity index (χ1) is 15.2. The number of hydrogen-bond donors (Lipinski definition) is 3. The van der Waals surface area contributed by atoms with Crippen molar-refractivity contribution in [1.29, 1.82) is 0 Å². The van der Waals surface area contributed by atoms with E-state index < -0.39 is 0 Å². The Balaban J connectivity index is 1.60. The molecule has 1 saturated heterocycles. The van der Waals surface area contributed by atoms with Crippen molar-refractivity contribution in [2.24, 2.45) is 4.99 Å². The van der Waals surface area contributed by atoms with Crippen LogP contribution in [0, 0.1) is 12.3 Å². The number of terminal acetylenes is 1. The minimum absolute atomic E-state index is 0.00471. The van der Waals surface area contributed by atoms with Crippen molar-refractivity contribution in [2.75, 3.05) is 38.0 Å². The molecule has 2 heterocycles. The monoisotopic (exact) mass is 421 g/mol. The topological polar surface area (TPSA) is 81.9 Å². The number of nitrogens with one attached hydrogen (secondary N) is 3. The highest BCUT2D eigenvalue weighted by atomic mass is 16.3. The second-order valence-electron chi connectivity index (χ2n) is 7.48. The molecule has 0 spiro atoms. The summed E-state index contributed by atoms with van der Waals surface area (Å²) < 4.78 is 5.70. The van der Waals surface area contributed by atoms with Gasteiger partial charge in [-0.3, -0.25) is 9.69 Å². The third-order valence-corrected chi connectivity index (χ3v) is 5.20. The maximum Gasteiger partial charge on any atom is 0.246 e. The zero-order valence-corrected chi connectivity index (χ0v) is 18.1. The van der Waals surface area contributed by atoms with Crippen LogP contribution in [0.2, 0.25) is 0 Å². The first-order valence-corrected chi connectivity index (χ1v) is 10.9. The summed E-state index contributed by atoms with van der Waals surface area (Å²) >= 11 is 0. The van der Waals surface area contributed by atoms with E-state index in [-0.39, 0.29) is 18.5 Å². The molecule has 3 rings (SSSR count). The standard InChI is InChI=1S/C24H31N5O2/c1-3-19-10-8-11-20(16-19)28-23(30)18-27-24(25-4-2)26-17-21(22-12-9-15-31-22)29-13-6-5-7-14-29/h1,8-12,15-16,21H,4-7,13-14,17-18H2,2H3,(H,28,30)(H2,25,26,27). The fourth-order valence-electron chi connectivity index (χ4n) is 3.69. The summed E-state index contributed by atoms with van der Waals surface area (Å²) in [6.45, 7) is 5.46. The van der Waals surface area contributed by atoms with Crippen molar-refractivity contribution in [1.82, 2.24) is 15.5 Å². The lowest BCUT2D eigenvalue weighted by molar-refractivity contribution is -0.114. The zero-order valence-electron chi connectivity index (χ0n) is 18.1. The maximum atomic E-state index is 12.3. The molecule has 1 amide bonds. The summed E-state index contributed by atoms with van der Waals surface area (Å²) in [6, 6.07) is 11.3. The van der Waals surface area contributed by atoms with Crippen LogP contribution in [0.25, 0.3) is 0 Å². The SMILES string of the molecule is C#Cc1cccc(NC(=O)CN=C(NCC)NCC(c2ccco2)N2CCCCC2)c1. The van der Waals surface area contributed by atoms with Crippen molar-refractivity contribution in [3.05, 3.63) is 54.0 Å². The van der Waals surface area contributed by atoms with Crippen LogP contribution < -0.4 is 16.0 Å². The van der Waals surface area contributed by atoms with Gasteiger partial charge >= 0.3 is 0 Å². The lowest BCUT2D eigenvalue weighted by Crippen LogP contribution is -2.44. The molecule has 2 aromatic rings. The summed E-state index contributed by atoms with van der Waals surface area (Å²) in [7, 11) is 0. The van der Waals surface area contributed by atoms with Gasteiger partial charge in [0.05, 0.1) is 12.3 Å². The summed E-state index contributed by atoms with van der Waals surface area (Å²) in [5.74, 6) is 3.90. The molecule has 0 aliphatic carbocycles. The Hall–Kier alpha value is -3.24. The van der Waals surface area contributed by atoms with Crippen LogP contribution in [-0.4, -0.2) is 49.5 Å². The molecule has 1 atom stereocenters. The van der Waals surface area contributed by atoms with E-state index in [1.165, 1.54) is 19.3 Å². The number of amides is 1. The van der Waals surface area contributed by atoms with E-state index in [9.17, 15) is 4.79 Å². The fraction of sp³-hybridized carbons (Fsp3) is 0.417. The average molecular weight is 422 g/mol. The molecule has 1 unspecified atom stereocenters. The van der Waals surface area contributed by atoms with Crippen molar-refractivity contribution in [3.63, 3.8) is 0 Å². The van der Waals surface area contributed by atoms with Crippen LogP contribution in [0.5, 0.6) is 0 Å². The predicted molar refractivity (Wildman–Crippen MR) is 124 cm³/mol. The summed E-state index contributed by atoms with van der Waals surface area (Å²) in [5, 5.41) is 9.41. The van der Waals surface area contributed by atoms with Crippen LogP contribution in [0.1, 0.15) is 43.6 Å². The fourth-order valence-corrected chi connectivity index (χ4v) is 3.69. The molecule has 1 aromatic carbocycles. The smallest absolute Gasteiger partial charge is 0.246 e. The van der Waals surface area contributed by atoms with E-state index in [1.54, 1.807) is 18.4 Å². The molecule has 1 aliphatic heterocycles. The largest absolute Gasteiger partial charge is 0.468 e. The molecular weight excluding hydrogens is 390 g/mol. The van der Waals surface area contributed by atoms with Crippen LogP contribution in [0.4, 0.5) is 5.69 Å². The summed E-state index contributed by atoms with van der Waals surface area (Å²) in [6.07, 6.45) is 10.8. The Morgan fingerprint density at radius 1 is 1.23 bits per heavy atom. The highest BCUT2D eigenvalue weighted by Crippen LogP contribution is 2.24. The van der Waals surface area contributed by atoms with Crippen molar-refractivity contribution in [2.45, 2.75) is 32.2 Å². The average Bonchev–Trinajstić information content (AvgIpc) is 3.33. The Labute approximate surface area is 184 Å². The van der Waals surface area contributed by atoms with Gasteiger partial charge in [0.25, 0.3) is 0 Å². The molecule has 1 aromatic heterocycles. The van der Waals surface area contributed by atoms with E-state index in [2.05, 4.69) is 31.8 Å². The van der Waals surface area contributed by atoms with E-state index in [0.29, 0.717) is 24.7 Å². The number of piperidine rings is 1. The summed E-state index contributed by atoms with van der Waals surface area (Å²) in [5.41, 5.74) is 1.38. The Bertz CT molecular complexity index is 895. The maximum absolute atomic E-state index is 12.3. The highest BCUT2D eigenvalue weighted by molar-refractivity contribution is 5.94. The molecule has 1 fully saturated rings. The van der Waals surface area contributed by atoms with E-state index >= 15 is 0 Å². The lowest BCUT2D eigenvalue weighted by Gasteiger charge is -2.33. The van der Waals surface area contributed by atoms with Crippen LogP contribution in [0.15, 0.2) is 52.1 Å². The van der Waals surface area contributed by atoms with Crippen LogP contribution >= 0.6 is 0 Å². The number of carbonyl (C=O) groups excluding carboxylic acids is 1.